The molecule has 0 atom stereocenters. The lowest BCUT2D eigenvalue weighted by atomic mass is 10.1. The highest BCUT2D eigenvalue weighted by Gasteiger charge is 2.12. The summed E-state index contributed by atoms with van der Waals surface area (Å²) in [5, 5.41) is 4.08. The number of nitrogens with zero attached hydrogens (tertiary/aromatic N) is 1. The molecule has 0 heterocycles. The van der Waals surface area contributed by atoms with Gasteiger partial charge in [0.25, 0.3) is 0 Å². The summed E-state index contributed by atoms with van der Waals surface area (Å²) in [6.45, 7) is 6.52. The van der Waals surface area contributed by atoms with E-state index in [9.17, 15) is 8.42 Å². The van der Waals surface area contributed by atoms with Gasteiger partial charge >= 0.3 is 0 Å². The third kappa shape index (κ3) is 5.79. The van der Waals surface area contributed by atoms with Gasteiger partial charge in [-0.1, -0.05) is 24.6 Å². The van der Waals surface area contributed by atoms with E-state index in [0.717, 1.165) is 30.1 Å². The fourth-order valence-corrected chi connectivity index (χ4v) is 3.18. The molecule has 0 aromatic heterocycles. The fourth-order valence-electron chi connectivity index (χ4n) is 2.02. The number of hydrogen-bond donors (Lipinski definition) is 1. The van der Waals surface area contributed by atoms with E-state index in [1.54, 1.807) is 0 Å². The molecule has 0 aliphatic carbocycles. The van der Waals surface area contributed by atoms with Crippen molar-refractivity contribution in [3.05, 3.63) is 34.3 Å². The number of hydrogen-bond acceptors (Lipinski definition) is 3. The van der Waals surface area contributed by atoms with E-state index in [-0.39, 0.29) is 0 Å². The SMILES string of the molecule is CCN(CCCNCc1ccc(Cl)cc1C)S(C)(=O)=O. The van der Waals surface area contributed by atoms with Gasteiger partial charge in [-0.3, -0.25) is 0 Å². The Labute approximate surface area is 127 Å². The highest BCUT2D eigenvalue weighted by Crippen LogP contribution is 2.14. The molecule has 1 N–H and O–H groups in total. The van der Waals surface area contributed by atoms with Crippen LogP contribution in [0.1, 0.15) is 24.5 Å². The first-order valence-electron chi connectivity index (χ1n) is 6.75. The molecule has 114 valence electrons. The minimum atomic E-state index is -3.07. The first-order chi connectivity index (χ1) is 9.34. The summed E-state index contributed by atoms with van der Waals surface area (Å²) in [7, 11) is -3.07. The summed E-state index contributed by atoms with van der Waals surface area (Å²) in [5.41, 5.74) is 2.38. The maximum atomic E-state index is 11.4. The smallest absolute Gasteiger partial charge is 0.211 e. The fraction of sp³-hybridized carbons (Fsp3) is 0.571. The normalized spacial score (nSPS) is 12.1. The van der Waals surface area contributed by atoms with Crippen molar-refractivity contribution in [3.63, 3.8) is 0 Å². The summed E-state index contributed by atoms with van der Waals surface area (Å²) in [4.78, 5) is 0. The zero-order chi connectivity index (χ0) is 15.2. The summed E-state index contributed by atoms with van der Waals surface area (Å²) < 4.78 is 24.3. The minimum absolute atomic E-state index is 0.523. The molecule has 1 rings (SSSR count). The largest absolute Gasteiger partial charge is 0.313 e. The Bertz CT molecular complexity index is 532. The van der Waals surface area contributed by atoms with Crippen LogP contribution < -0.4 is 5.32 Å². The van der Waals surface area contributed by atoms with Crippen LogP contribution in [0.2, 0.25) is 5.02 Å². The first kappa shape index (κ1) is 17.4. The van der Waals surface area contributed by atoms with Gasteiger partial charge in [0.1, 0.15) is 0 Å². The lowest BCUT2D eigenvalue weighted by molar-refractivity contribution is 0.419. The molecule has 1 aromatic rings. The van der Waals surface area contributed by atoms with Gasteiger partial charge in [-0.2, -0.15) is 0 Å². The summed E-state index contributed by atoms with van der Waals surface area (Å²) >= 11 is 5.91. The minimum Gasteiger partial charge on any atom is -0.313 e. The predicted molar refractivity (Wildman–Crippen MR) is 84.6 cm³/mol. The number of benzene rings is 1. The van der Waals surface area contributed by atoms with Crippen molar-refractivity contribution in [1.82, 2.24) is 9.62 Å². The quantitative estimate of drug-likeness (QED) is 0.749. The molecule has 0 spiro atoms. The Morgan fingerprint density at radius 1 is 1.35 bits per heavy atom. The van der Waals surface area contributed by atoms with Crippen molar-refractivity contribution in [3.8, 4) is 0 Å². The van der Waals surface area contributed by atoms with E-state index in [2.05, 4.69) is 5.32 Å². The Balaban J connectivity index is 2.32. The van der Waals surface area contributed by atoms with Crippen LogP contribution in [0, 0.1) is 6.92 Å². The van der Waals surface area contributed by atoms with Gasteiger partial charge in [-0.05, 0) is 43.1 Å². The zero-order valence-electron chi connectivity index (χ0n) is 12.3. The Morgan fingerprint density at radius 2 is 2.05 bits per heavy atom. The average Bonchev–Trinajstić information content (AvgIpc) is 2.34. The standard InChI is InChI=1S/C14H23ClN2O2S/c1-4-17(20(3,18)19)9-5-8-16-11-13-6-7-14(15)10-12(13)2/h6-7,10,16H,4-5,8-9,11H2,1-3H3. The monoisotopic (exact) mass is 318 g/mol. The molecule has 1 aromatic carbocycles. The second-order valence-corrected chi connectivity index (χ2v) is 7.27. The van der Waals surface area contributed by atoms with E-state index >= 15 is 0 Å². The Kier molecular flexibility index (Phi) is 6.95. The highest BCUT2D eigenvalue weighted by atomic mass is 35.5. The first-order valence-corrected chi connectivity index (χ1v) is 8.98. The van der Waals surface area contributed by atoms with E-state index < -0.39 is 10.0 Å². The molecule has 0 aliphatic rings. The average molecular weight is 319 g/mol. The van der Waals surface area contributed by atoms with Gasteiger partial charge < -0.3 is 5.32 Å². The van der Waals surface area contributed by atoms with Crippen molar-refractivity contribution in [2.24, 2.45) is 0 Å². The molecule has 0 amide bonds. The Hall–Kier alpha value is -0.620. The lowest BCUT2D eigenvalue weighted by Crippen LogP contribution is -2.32. The van der Waals surface area contributed by atoms with Crippen molar-refractivity contribution in [1.29, 1.82) is 0 Å². The molecule has 0 fully saturated rings. The predicted octanol–water partition coefficient (Wildman–Crippen LogP) is 2.41. The second kappa shape index (κ2) is 7.98. The third-order valence-corrected chi connectivity index (χ3v) is 4.82. The topological polar surface area (TPSA) is 49.4 Å². The number of aryl methyl sites for hydroxylation is 1. The van der Waals surface area contributed by atoms with Gasteiger partial charge in [-0.25, -0.2) is 12.7 Å². The molecule has 0 bridgehead atoms. The molecular weight excluding hydrogens is 296 g/mol. The van der Waals surface area contributed by atoms with E-state index in [1.807, 2.05) is 32.0 Å². The Morgan fingerprint density at radius 3 is 2.60 bits per heavy atom. The molecule has 0 radical (unpaired) electrons. The third-order valence-electron chi connectivity index (χ3n) is 3.20. The van der Waals surface area contributed by atoms with Gasteiger partial charge in [0.2, 0.25) is 10.0 Å². The summed E-state index contributed by atoms with van der Waals surface area (Å²) in [6.07, 6.45) is 2.05. The van der Waals surface area contributed by atoms with Gasteiger partial charge in [0.05, 0.1) is 6.26 Å². The maximum absolute atomic E-state index is 11.4. The van der Waals surface area contributed by atoms with Crippen LogP contribution in [0.5, 0.6) is 0 Å². The maximum Gasteiger partial charge on any atom is 0.211 e. The van der Waals surface area contributed by atoms with Crippen molar-refractivity contribution in [2.75, 3.05) is 25.9 Å². The van der Waals surface area contributed by atoms with Crippen molar-refractivity contribution >= 4 is 21.6 Å². The number of halogens is 1. The van der Waals surface area contributed by atoms with Crippen LogP contribution in [-0.2, 0) is 16.6 Å². The molecule has 0 saturated heterocycles. The molecule has 0 saturated carbocycles. The second-order valence-electron chi connectivity index (χ2n) is 4.86. The van der Waals surface area contributed by atoms with Crippen molar-refractivity contribution < 1.29 is 8.42 Å². The number of nitrogens with one attached hydrogen (secondary N) is 1. The van der Waals surface area contributed by atoms with Gasteiger partial charge in [0, 0.05) is 24.7 Å². The number of rotatable bonds is 8. The highest BCUT2D eigenvalue weighted by molar-refractivity contribution is 7.88. The van der Waals surface area contributed by atoms with Gasteiger partial charge in [0.15, 0.2) is 0 Å². The van der Waals surface area contributed by atoms with Crippen LogP contribution in [0.15, 0.2) is 18.2 Å². The van der Waals surface area contributed by atoms with Crippen LogP contribution in [0.4, 0.5) is 0 Å². The van der Waals surface area contributed by atoms with Crippen LogP contribution in [-0.4, -0.2) is 38.6 Å². The lowest BCUT2D eigenvalue weighted by Gasteiger charge is -2.17. The van der Waals surface area contributed by atoms with Crippen LogP contribution >= 0.6 is 11.6 Å². The molecule has 4 nitrogen and oxygen atoms in total. The zero-order valence-corrected chi connectivity index (χ0v) is 13.9. The van der Waals surface area contributed by atoms with Crippen LogP contribution in [0.3, 0.4) is 0 Å². The van der Waals surface area contributed by atoms with Crippen molar-refractivity contribution in [2.45, 2.75) is 26.8 Å². The molecule has 20 heavy (non-hydrogen) atoms. The molecule has 0 unspecified atom stereocenters. The van der Waals surface area contributed by atoms with E-state index in [0.29, 0.717) is 13.1 Å². The number of sulfonamides is 1. The van der Waals surface area contributed by atoms with Crippen LogP contribution in [0.25, 0.3) is 0 Å². The summed E-state index contributed by atoms with van der Waals surface area (Å²) in [6, 6.07) is 5.84. The van der Waals surface area contributed by atoms with E-state index in [4.69, 9.17) is 11.6 Å². The molecule has 6 heteroatoms. The summed E-state index contributed by atoms with van der Waals surface area (Å²) in [5.74, 6) is 0. The van der Waals surface area contributed by atoms with E-state index in [1.165, 1.54) is 16.1 Å². The van der Waals surface area contributed by atoms with Gasteiger partial charge in [-0.15, -0.1) is 0 Å². The molecular formula is C14H23ClN2O2S. The molecule has 0 aliphatic heterocycles.